The minimum atomic E-state index is 0. The van der Waals surface area contributed by atoms with Crippen LogP contribution < -0.4 is 103 Å². The van der Waals surface area contributed by atoms with Gasteiger partial charge in [0.15, 0.2) is 0 Å². The predicted octanol–water partition coefficient (Wildman–Crippen LogP) is -4.79. The molecule has 0 heterocycles. The monoisotopic (exact) mass is 325 g/mol. The van der Waals surface area contributed by atoms with E-state index in [1.165, 1.54) is 0 Å². The maximum absolute atomic E-state index is 6.50. The van der Waals surface area contributed by atoms with Gasteiger partial charge in [-0.3, -0.25) is 0 Å². The van der Waals surface area contributed by atoms with Crippen LogP contribution in [0.2, 0.25) is 0 Å². The van der Waals surface area contributed by atoms with Crippen molar-refractivity contribution >= 4 is 0 Å². The minimum Gasteiger partial charge on any atom is -1.00 e. The Balaban J connectivity index is -0.00000000288. The molecule has 0 saturated heterocycles. The van der Waals surface area contributed by atoms with Gasteiger partial charge in [-0.25, -0.2) is 36.8 Å². The van der Waals surface area contributed by atoms with Crippen molar-refractivity contribution in [2.75, 3.05) is 0 Å². The van der Waals surface area contributed by atoms with Crippen LogP contribution in [0.5, 0.6) is 0 Å². The number of hydrogen-bond donors (Lipinski definition) is 0. The Hall–Kier alpha value is 0.222. The molecular weight excluding hydrogens is 316 g/mol. The third-order valence-electron chi connectivity index (χ3n) is 0. The SMILES string of the molecule is C#N.C#N.C#N.C#N.C#N.C#N.C#N.[Fe].[H-].[H-].[K+].[K+]. The van der Waals surface area contributed by atoms with Crippen LogP contribution >= 0.6 is 0 Å². The molecule has 0 aliphatic heterocycles. The Bertz CT molecular complexity index is 130. The number of hydrogen-bond acceptors (Lipinski definition) is 7. The van der Waals surface area contributed by atoms with Gasteiger partial charge in [0, 0.05) is 63.1 Å². The molecule has 0 bridgehead atoms. The Labute approximate surface area is 201 Å². The van der Waals surface area contributed by atoms with Gasteiger partial charge >= 0.3 is 103 Å². The second kappa shape index (κ2) is 76100. The zero-order valence-electron chi connectivity index (χ0n) is 11.5. The predicted molar refractivity (Wildman–Crippen MR) is 48.9 cm³/mol. The van der Waals surface area contributed by atoms with Gasteiger partial charge in [0.25, 0.3) is 0 Å². The molecule has 0 radical (unpaired) electrons. The van der Waals surface area contributed by atoms with E-state index in [-0.39, 0.29) is 123 Å². The van der Waals surface area contributed by atoms with Gasteiger partial charge in [-0.1, -0.05) is 0 Å². The van der Waals surface area contributed by atoms with Gasteiger partial charge in [0.05, 0.1) is 0 Å². The zero-order chi connectivity index (χ0) is 14.0. The summed E-state index contributed by atoms with van der Waals surface area (Å²) in [5, 5.41) is 45.5. The first-order chi connectivity index (χ1) is 7.00. The molecule has 0 aromatic carbocycles. The summed E-state index contributed by atoms with van der Waals surface area (Å²) in [7, 11) is 0. The topological polar surface area (TPSA) is 167 Å². The van der Waals surface area contributed by atoms with E-state index in [1.807, 2.05) is 0 Å². The molecule has 0 spiro atoms. The van der Waals surface area contributed by atoms with Crippen molar-refractivity contribution in [3.8, 4) is 46.0 Å². The summed E-state index contributed by atoms with van der Waals surface area (Å²) in [5.74, 6) is 0. The smallest absolute Gasteiger partial charge is 1.00 e. The van der Waals surface area contributed by atoms with Crippen molar-refractivity contribution in [3.63, 3.8) is 0 Å². The van der Waals surface area contributed by atoms with Gasteiger partial charge in [-0.15, -0.1) is 0 Å². The summed E-state index contributed by atoms with van der Waals surface area (Å²) in [6.45, 7) is 24.5. The van der Waals surface area contributed by atoms with Gasteiger partial charge < -0.3 is 2.85 Å². The van der Waals surface area contributed by atoms with E-state index in [4.69, 9.17) is 36.8 Å². The fourth-order valence-electron chi connectivity index (χ4n) is 0. The molecule has 0 N–H and O–H groups in total. The van der Waals surface area contributed by atoms with E-state index in [1.54, 1.807) is 0 Å². The molecule has 82 valence electrons. The van der Waals surface area contributed by atoms with E-state index in [9.17, 15) is 0 Å². The summed E-state index contributed by atoms with van der Waals surface area (Å²) in [6.07, 6.45) is 0. The van der Waals surface area contributed by atoms with Crippen molar-refractivity contribution in [2.24, 2.45) is 0 Å². The maximum Gasteiger partial charge on any atom is 1.00 e. The van der Waals surface area contributed by atoms with Crippen LogP contribution in [0, 0.1) is 82.8 Å². The van der Waals surface area contributed by atoms with Crippen LogP contribution in [0.25, 0.3) is 0 Å². The largest absolute Gasteiger partial charge is 1.00 e. The normalized spacial score (nSPS) is 0.824. The summed E-state index contributed by atoms with van der Waals surface area (Å²) in [5.41, 5.74) is 0. The molecule has 0 rings (SSSR count). The Kier molecular flexibility index (Phi) is 389000. The molecule has 0 fully saturated rings. The van der Waals surface area contributed by atoms with E-state index < -0.39 is 0 Å². The fraction of sp³-hybridized carbons (Fsp3) is 0. The summed E-state index contributed by atoms with van der Waals surface area (Å²) in [4.78, 5) is 0. The van der Waals surface area contributed by atoms with Crippen LogP contribution in [0.15, 0.2) is 0 Å². The number of rotatable bonds is 0. The van der Waals surface area contributed by atoms with E-state index >= 15 is 0 Å². The van der Waals surface area contributed by atoms with Gasteiger partial charge in [-0.05, 0) is 0 Å². The molecule has 0 unspecified atom stereocenters. The molecule has 7 nitrogen and oxygen atoms in total. The van der Waals surface area contributed by atoms with Crippen LogP contribution in [-0.2, 0) is 17.1 Å². The minimum absolute atomic E-state index is 0. The van der Waals surface area contributed by atoms with E-state index in [0.29, 0.717) is 0 Å². The molecule has 0 aliphatic carbocycles. The first-order valence-electron chi connectivity index (χ1n) is 1.81. The summed E-state index contributed by atoms with van der Waals surface area (Å²) >= 11 is 0. The van der Waals surface area contributed by atoms with Crippen LogP contribution in [0.1, 0.15) is 2.85 Å². The third kappa shape index (κ3) is 66500. The second-order valence-corrected chi connectivity index (χ2v) is 0. The zero-order valence-corrected chi connectivity index (χ0v) is 16.9. The van der Waals surface area contributed by atoms with Crippen LogP contribution in [-0.4, -0.2) is 0 Å². The molecular formula is C7H9FeK2N7. The Morgan fingerprint density at radius 1 is 0.353 bits per heavy atom. The average molecular weight is 325 g/mol. The Morgan fingerprint density at radius 3 is 0.353 bits per heavy atom. The van der Waals surface area contributed by atoms with Crippen molar-refractivity contribution in [2.45, 2.75) is 0 Å². The molecule has 10 heteroatoms. The quantitative estimate of drug-likeness (QED) is 0.403. The first-order valence-corrected chi connectivity index (χ1v) is 1.81. The number of nitriles is 7. The molecule has 0 saturated carbocycles. The fourth-order valence-corrected chi connectivity index (χ4v) is 0. The van der Waals surface area contributed by atoms with Gasteiger partial charge in [0.2, 0.25) is 0 Å². The van der Waals surface area contributed by atoms with Gasteiger partial charge in [0.1, 0.15) is 0 Å². The van der Waals surface area contributed by atoms with Crippen LogP contribution in [0.3, 0.4) is 0 Å². The molecule has 0 aromatic rings. The van der Waals surface area contributed by atoms with Crippen LogP contribution in [0.4, 0.5) is 0 Å². The molecule has 0 amide bonds. The van der Waals surface area contributed by atoms with Crippen molar-refractivity contribution in [3.05, 3.63) is 0 Å². The van der Waals surface area contributed by atoms with E-state index in [2.05, 4.69) is 46.0 Å². The Morgan fingerprint density at radius 2 is 0.353 bits per heavy atom. The third-order valence-corrected chi connectivity index (χ3v) is 0. The summed E-state index contributed by atoms with van der Waals surface area (Å²) < 4.78 is 0. The molecule has 0 aliphatic rings. The van der Waals surface area contributed by atoms with Crippen molar-refractivity contribution < 1.29 is 123 Å². The second-order valence-electron chi connectivity index (χ2n) is 0. The summed E-state index contributed by atoms with van der Waals surface area (Å²) in [6, 6.07) is 0. The molecule has 0 atom stereocenters. The first kappa shape index (κ1) is 86.9. The maximum atomic E-state index is 6.50. The van der Waals surface area contributed by atoms with Gasteiger partial charge in [-0.2, -0.15) is 0 Å². The average Bonchev–Trinajstić information content (AvgIpc) is 2.45. The van der Waals surface area contributed by atoms with Crippen molar-refractivity contribution in [1.82, 2.24) is 0 Å². The van der Waals surface area contributed by atoms with Crippen molar-refractivity contribution in [1.29, 1.82) is 36.8 Å². The standard InChI is InChI=1S/7CHN.Fe.2K.2H/c7*1-2;;;;;/h7*1H;;;;;/q;;;;;;;;2*+1;2*-1. The molecule has 17 heavy (non-hydrogen) atoms. The molecule has 0 aromatic heterocycles. The van der Waals surface area contributed by atoms with E-state index in [0.717, 1.165) is 0 Å². The number of nitrogens with zero attached hydrogens (tertiary/aromatic N) is 7.